The molecule has 1 N–H and O–H groups in total. The fourth-order valence-electron chi connectivity index (χ4n) is 4.29. The smallest absolute Gasteiger partial charge is 0.308 e. The number of ether oxygens (including phenoxy) is 1. The number of thioether (sulfide) groups is 1. The fraction of sp³-hybridized carbons (Fsp3) is 0.440. The number of amides is 2. The third-order valence-electron chi connectivity index (χ3n) is 5.95. The van der Waals surface area contributed by atoms with E-state index >= 15 is 0 Å². The molecule has 4 rings (SSSR count). The number of nitrogens with zero attached hydrogens (tertiary/aromatic N) is 4. The molecule has 10 nitrogen and oxygen atoms in total. The van der Waals surface area contributed by atoms with Crippen LogP contribution in [0.1, 0.15) is 38.3 Å². The van der Waals surface area contributed by atoms with Crippen LogP contribution in [0.4, 0.5) is 5.82 Å². The van der Waals surface area contributed by atoms with Gasteiger partial charge in [0.05, 0.1) is 23.5 Å². The van der Waals surface area contributed by atoms with Gasteiger partial charge in [0.25, 0.3) is 11.5 Å². The summed E-state index contributed by atoms with van der Waals surface area (Å²) >= 11 is 6.57. The van der Waals surface area contributed by atoms with Gasteiger partial charge in [-0.25, -0.2) is 4.98 Å². The summed E-state index contributed by atoms with van der Waals surface area (Å²) in [6.45, 7) is 8.82. The summed E-state index contributed by atoms with van der Waals surface area (Å²) in [6.07, 6.45) is 2.98. The van der Waals surface area contributed by atoms with Gasteiger partial charge in [0.1, 0.15) is 21.8 Å². The largest absolute Gasteiger partial charge is 0.466 e. The Morgan fingerprint density at radius 1 is 1.32 bits per heavy atom. The number of pyridine rings is 1. The van der Waals surface area contributed by atoms with Crippen LogP contribution in [0, 0.1) is 12.8 Å². The number of anilines is 1. The Morgan fingerprint density at radius 2 is 2.08 bits per heavy atom. The highest BCUT2D eigenvalue weighted by Crippen LogP contribution is 2.34. The van der Waals surface area contributed by atoms with Crippen molar-refractivity contribution in [3.8, 4) is 0 Å². The summed E-state index contributed by atoms with van der Waals surface area (Å²) in [5.41, 5.74) is 1.00. The molecule has 37 heavy (non-hydrogen) atoms. The highest BCUT2D eigenvalue weighted by atomic mass is 32.2. The Bertz CT molecular complexity index is 1370. The lowest BCUT2D eigenvalue weighted by molar-refractivity contribution is -0.145. The SMILES string of the molecule is CCOC(=O)CC1C(=O)NCCN1c1nc2ccc(C)cn2c(=O)c1/C=C1/SC(=S)N(CC(C)C)C1=O. The number of esters is 1. The second-order valence-corrected chi connectivity index (χ2v) is 11.0. The maximum atomic E-state index is 13.8. The minimum absolute atomic E-state index is 0.150. The molecular formula is C25H29N5O5S2. The van der Waals surface area contributed by atoms with Gasteiger partial charge in [-0.3, -0.25) is 28.5 Å². The molecule has 2 aliphatic rings. The molecule has 0 saturated carbocycles. The van der Waals surface area contributed by atoms with E-state index in [1.165, 1.54) is 15.4 Å². The second kappa shape index (κ2) is 11.0. The van der Waals surface area contributed by atoms with Gasteiger partial charge in [-0.2, -0.15) is 0 Å². The van der Waals surface area contributed by atoms with E-state index in [-0.39, 0.29) is 42.1 Å². The molecule has 1 unspecified atom stereocenters. The number of piperazine rings is 1. The number of aryl methyl sites for hydroxylation is 1. The van der Waals surface area contributed by atoms with Gasteiger partial charge in [0, 0.05) is 25.8 Å². The van der Waals surface area contributed by atoms with E-state index in [9.17, 15) is 19.2 Å². The first-order valence-electron chi connectivity index (χ1n) is 12.1. The summed E-state index contributed by atoms with van der Waals surface area (Å²) in [4.78, 5) is 60.4. The number of carbonyl (C=O) groups is 3. The molecule has 4 heterocycles. The lowest BCUT2D eigenvalue weighted by Crippen LogP contribution is -2.57. The van der Waals surface area contributed by atoms with Crippen molar-refractivity contribution in [2.45, 2.75) is 40.2 Å². The van der Waals surface area contributed by atoms with Crippen molar-refractivity contribution in [1.29, 1.82) is 0 Å². The van der Waals surface area contributed by atoms with Crippen LogP contribution in [-0.4, -0.2) is 68.7 Å². The van der Waals surface area contributed by atoms with Crippen LogP contribution in [-0.2, 0) is 19.1 Å². The van der Waals surface area contributed by atoms with Gasteiger partial charge in [-0.05, 0) is 37.5 Å². The first-order valence-corrected chi connectivity index (χ1v) is 13.3. The van der Waals surface area contributed by atoms with Crippen molar-refractivity contribution in [2.24, 2.45) is 5.92 Å². The molecule has 2 aromatic heterocycles. The number of hydrogen-bond acceptors (Lipinski definition) is 9. The van der Waals surface area contributed by atoms with Crippen molar-refractivity contribution in [3.63, 3.8) is 0 Å². The predicted octanol–water partition coefficient (Wildman–Crippen LogP) is 2.12. The van der Waals surface area contributed by atoms with Crippen molar-refractivity contribution in [1.82, 2.24) is 19.6 Å². The van der Waals surface area contributed by atoms with Crippen molar-refractivity contribution in [2.75, 3.05) is 31.1 Å². The zero-order valence-electron chi connectivity index (χ0n) is 21.1. The first-order chi connectivity index (χ1) is 17.6. The third-order valence-corrected chi connectivity index (χ3v) is 7.33. The molecule has 1 atom stereocenters. The van der Waals surface area contributed by atoms with Gasteiger partial charge < -0.3 is 15.0 Å². The monoisotopic (exact) mass is 543 g/mol. The minimum atomic E-state index is -0.921. The first kappa shape index (κ1) is 26.8. The van der Waals surface area contributed by atoms with Crippen LogP contribution >= 0.6 is 24.0 Å². The van der Waals surface area contributed by atoms with Gasteiger partial charge in [0.2, 0.25) is 5.91 Å². The number of hydrogen-bond donors (Lipinski definition) is 1. The molecule has 2 aliphatic heterocycles. The molecule has 0 aliphatic carbocycles. The fourth-order valence-corrected chi connectivity index (χ4v) is 5.55. The molecule has 2 saturated heterocycles. The van der Waals surface area contributed by atoms with Gasteiger partial charge in [-0.15, -0.1) is 0 Å². The topological polar surface area (TPSA) is 113 Å². The number of carbonyl (C=O) groups excluding carboxylic acids is 3. The minimum Gasteiger partial charge on any atom is -0.466 e. The lowest BCUT2D eigenvalue weighted by Gasteiger charge is -2.36. The van der Waals surface area contributed by atoms with E-state index in [1.54, 1.807) is 24.1 Å². The van der Waals surface area contributed by atoms with Crippen molar-refractivity contribution < 1.29 is 19.1 Å². The summed E-state index contributed by atoms with van der Waals surface area (Å²) in [5, 5.41) is 2.77. The second-order valence-electron chi connectivity index (χ2n) is 9.28. The zero-order chi connectivity index (χ0) is 26.9. The molecule has 12 heteroatoms. The molecule has 2 amide bonds. The van der Waals surface area contributed by atoms with E-state index < -0.39 is 17.6 Å². The molecule has 196 valence electrons. The standard InChI is InChI=1S/C25H29N5O5S2/c1-5-35-20(31)11-17-22(32)26-8-9-28(17)21-16(23(33)29-13-15(4)6-7-19(29)27-21)10-18-24(34)30(12-14(2)3)25(36)37-18/h6-7,10,13-14,17H,5,8-9,11-12H2,1-4H3,(H,26,32)/b18-10+. The molecule has 2 fully saturated rings. The van der Waals surface area contributed by atoms with E-state index in [4.69, 9.17) is 21.9 Å². The summed E-state index contributed by atoms with van der Waals surface area (Å²) in [6, 6.07) is 2.63. The Kier molecular flexibility index (Phi) is 7.98. The van der Waals surface area contributed by atoms with Crippen LogP contribution in [0.2, 0.25) is 0 Å². The maximum Gasteiger partial charge on any atom is 0.308 e. The number of aromatic nitrogens is 2. The quantitative estimate of drug-likeness (QED) is 0.319. The molecule has 0 spiro atoms. The number of nitrogens with one attached hydrogen (secondary N) is 1. The van der Waals surface area contributed by atoms with E-state index in [0.29, 0.717) is 34.5 Å². The van der Waals surface area contributed by atoms with Gasteiger partial charge >= 0.3 is 5.97 Å². The number of thiocarbonyl (C=S) groups is 1. The van der Waals surface area contributed by atoms with Crippen molar-refractivity contribution in [3.05, 3.63) is 44.7 Å². The third kappa shape index (κ3) is 5.54. The summed E-state index contributed by atoms with van der Waals surface area (Å²) in [5.74, 6) is -0.725. The predicted molar refractivity (Wildman–Crippen MR) is 146 cm³/mol. The average Bonchev–Trinajstić information content (AvgIpc) is 3.09. The number of rotatable bonds is 7. The Balaban J connectivity index is 1.87. The highest BCUT2D eigenvalue weighted by Gasteiger charge is 2.37. The molecule has 0 radical (unpaired) electrons. The average molecular weight is 544 g/mol. The lowest BCUT2D eigenvalue weighted by atomic mass is 10.1. The Labute approximate surface area is 224 Å². The molecule has 2 aromatic rings. The van der Waals surface area contributed by atoms with E-state index in [1.807, 2.05) is 26.8 Å². The summed E-state index contributed by atoms with van der Waals surface area (Å²) in [7, 11) is 0. The molecular weight excluding hydrogens is 514 g/mol. The molecule has 0 bridgehead atoms. The van der Waals surface area contributed by atoms with Gasteiger partial charge in [0.15, 0.2) is 0 Å². The zero-order valence-corrected chi connectivity index (χ0v) is 22.8. The Hall–Kier alpha value is -3.25. The van der Waals surface area contributed by atoms with Crippen molar-refractivity contribution >= 4 is 63.6 Å². The van der Waals surface area contributed by atoms with Crippen LogP contribution < -0.4 is 15.8 Å². The number of fused-ring (bicyclic) bond motifs is 1. The Morgan fingerprint density at radius 3 is 2.78 bits per heavy atom. The van der Waals surface area contributed by atoms with E-state index in [0.717, 1.165) is 17.3 Å². The van der Waals surface area contributed by atoms with Crippen LogP contribution in [0.5, 0.6) is 0 Å². The maximum absolute atomic E-state index is 13.8. The van der Waals surface area contributed by atoms with E-state index in [2.05, 4.69) is 5.32 Å². The van der Waals surface area contributed by atoms with Gasteiger partial charge in [-0.1, -0.05) is 43.9 Å². The summed E-state index contributed by atoms with van der Waals surface area (Å²) < 4.78 is 6.93. The van der Waals surface area contributed by atoms with Crippen LogP contribution in [0.15, 0.2) is 28.0 Å². The normalized spacial score (nSPS) is 19.3. The van der Waals surface area contributed by atoms with Crippen LogP contribution in [0.3, 0.4) is 0 Å². The van der Waals surface area contributed by atoms with Crippen LogP contribution in [0.25, 0.3) is 11.7 Å². The highest BCUT2D eigenvalue weighted by molar-refractivity contribution is 8.26. The molecule has 0 aromatic carbocycles.